The first-order chi connectivity index (χ1) is 9.78. The SMILES string of the molecule is O=Cc1cncc(Oc2ccc3ccccc3c2Br)c1. The molecule has 20 heavy (non-hydrogen) atoms. The highest BCUT2D eigenvalue weighted by molar-refractivity contribution is 9.10. The molecule has 3 nitrogen and oxygen atoms in total. The van der Waals surface area contributed by atoms with Gasteiger partial charge in [-0.1, -0.05) is 30.3 Å². The minimum Gasteiger partial charge on any atom is -0.455 e. The molecule has 3 rings (SSSR count). The molecule has 0 bridgehead atoms. The van der Waals surface area contributed by atoms with Crippen molar-refractivity contribution in [3.8, 4) is 11.5 Å². The van der Waals surface area contributed by atoms with E-state index in [1.165, 1.54) is 6.20 Å². The summed E-state index contributed by atoms with van der Waals surface area (Å²) >= 11 is 3.56. The van der Waals surface area contributed by atoms with Crippen molar-refractivity contribution in [2.24, 2.45) is 0 Å². The van der Waals surface area contributed by atoms with Crippen LogP contribution in [0, 0.1) is 0 Å². The van der Waals surface area contributed by atoms with E-state index in [1.54, 1.807) is 12.3 Å². The molecule has 0 atom stereocenters. The third-order valence-corrected chi connectivity index (χ3v) is 3.74. The Bertz CT molecular complexity index is 786. The van der Waals surface area contributed by atoms with Gasteiger partial charge in [-0.25, -0.2) is 0 Å². The van der Waals surface area contributed by atoms with Crippen molar-refractivity contribution in [3.63, 3.8) is 0 Å². The third-order valence-electron chi connectivity index (χ3n) is 2.93. The fourth-order valence-electron chi connectivity index (χ4n) is 1.98. The van der Waals surface area contributed by atoms with Crippen LogP contribution in [0.4, 0.5) is 0 Å². The van der Waals surface area contributed by atoms with Gasteiger partial charge in [-0.2, -0.15) is 0 Å². The minimum absolute atomic E-state index is 0.486. The maximum absolute atomic E-state index is 10.7. The van der Waals surface area contributed by atoms with Crippen LogP contribution in [0.3, 0.4) is 0 Å². The van der Waals surface area contributed by atoms with Crippen molar-refractivity contribution >= 4 is 33.0 Å². The number of ether oxygens (including phenoxy) is 1. The van der Waals surface area contributed by atoms with Gasteiger partial charge in [0.15, 0.2) is 6.29 Å². The second-order valence-corrected chi connectivity index (χ2v) is 5.07. The lowest BCUT2D eigenvalue weighted by molar-refractivity contribution is 0.112. The molecule has 2 aromatic carbocycles. The van der Waals surface area contributed by atoms with Gasteiger partial charge in [-0.3, -0.25) is 9.78 Å². The minimum atomic E-state index is 0.486. The first kappa shape index (κ1) is 12.8. The smallest absolute Gasteiger partial charge is 0.151 e. The molecule has 0 saturated carbocycles. The van der Waals surface area contributed by atoms with E-state index in [1.807, 2.05) is 36.4 Å². The van der Waals surface area contributed by atoms with Gasteiger partial charge in [0.1, 0.15) is 11.5 Å². The van der Waals surface area contributed by atoms with Crippen molar-refractivity contribution in [2.45, 2.75) is 0 Å². The van der Waals surface area contributed by atoms with Crippen LogP contribution < -0.4 is 4.74 Å². The second-order valence-electron chi connectivity index (χ2n) is 4.27. The molecule has 1 heterocycles. The average molecular weight is 328 g/mol. The Morgan fingerprint density at radius 2 is 1.95 bits per heavy atom. The number of fused-ring (bicyclic) bond motifs is 1. The van der Waals surface area contributed by atoms with Crippen LogP contribution in [0.25, 0.3) is 10.8 Å². The zero-order valence-corrected chi connectivity index (χ0v) is 12.0. The molecule has 98 valence electrons. The Hall–Kier alpha value is -2.20. The molecule has 0 aliphatic carbocycles. The summed E-state index contributed by atoms with van der Waals surface area (Å²) in [5, 5.41) is 2.20. The van der Waals surface area contributed by atoms with E-state index in [-0.39, 0.29) is 0 Å². The van der Waals surface area contributed by atoms with E-state index in [9.17, 15) is 4.79 Å². The Morgan fingerprint density at radius 3 is 2.80 bits per heavy atom. The van der Waals surface area contributed by atoms with E-state index in [0.29, 0.717) is 17.1 Å². The van der Waals surface area contributed by atoms with E-state index < -0.39 is 0 Å². The van der Waals surface area contributed by atoms with Gasteiger partial charge in [-0.05, 0) is 38.8 Å². The van der Waals surface area contributed by atoms with Crippen molar-refractivity contribution < 1.29 is 9.53 Å². The highest BCUT2D eigenvalue weighted by Gasteiger charge is 2.07. The van der Waals surface area contributed by atoms with Crippen LogP contribution in [-0.2, 0) is 0 Å². The molecular weight excluding hydrogens is 318 g/mol. The quantitative estimate of drug-likeness (QED) is 0.660. The summed E-state index contributed by atoms with van der Waals surface area (Å²) in [5.41, 5.74) is 0.486. The van der Waals surface area contributed by atoms with Gasteiger partial charge in [0.2, 0.25) is 0 Å². The average Bonchev–Trinajstić information content (AvgIpc) is 2.50. The van der Waals surface area contributed by atoms with Crippen molar-refractivity contribution in [3.05, 3.63) is 64.9 Å². The molecule has 1 aromatic heterocycles. The van der Waals surface area contributed by atoms with Crippen molar-refractivity contribution in [1.82, 2.24) is 4.98 Å². The maximum Gasteiger partial charge on any atom is 0.151 e. The van der Waals surface area contributed by atoms with Gasteiger partial charge >= 0.3 is 0 Å². The van der Waals surface area contributed by atoms with E-state index in [4.69, 9.17) is 4.74 Å². The Balaban J connectivity index is 2.02. The molecule has 4 heteroatoms. The molecule has 0 aliphatic heterocycles. The molecule has 0 aliphatic rings. The number of pyridine rings is 1. The Labute approximate surface area is 124 Å². The number of rotatable bonds is 3. The number of halogens is 1. The Morgan fingerprint density at radius 1 is 1.10 bits per heavy atom. The van der Waals surface area contributed by atoms with E-state index in [2.05, 4.69) is 20.9 Å². The zero-order chi connectivity index (χ0) is 13.9. The number of hydrogen-bond donors (Lipinski definition) is 0. The van der Waals surface area contributed by atoms with Crippen LogP contribution in [0.5, 0.6) is 11.5 Å². The van der Waals surface area contributed by atoms with Gasteiger partial charge < -0.3 is 4.74 Å². The van der Waals surface area contributed by atoms with Gasteiger partial charge in [0, 0.05) is 11.8 Å². The fraction of sp³-hybridized carbons (Fsp3) is 0. The third kappa shape index (κ3) is 2.42. The second kappa shape index (κ2) is 5.43. The van der Waals surface area contributed by atoms with Crippen LogP contribution in [-0.4, -0.2) is 11.3 Å². The summed E-state index contributed by atoms with van der Waals surface area (Å²) in [5.74, 6) is 1.22. The number of carbonyl (C=O) groups is 1. The molecular formula is C16H10BrNO2. The molecule has 0 fully saturated rings. The molecule has 0 N–H and O–H groups in total. The first-order valence-electron chi connectivity index (χ1n) is 6.03. The van der Waals surface area contributed by atoms with Gasteiger partial charge in [-0.15, -0.1) is 0 Å². The summed E-state index contributed by atoms with van der Waals surface area (Å²) in [4.78, 5) is 14.7. The highest BCUT2D eigenvalue weighted by Crippen LogP contribution is 2.35. The van der Waals surface area contributed by atoms with Crippen LogP contribution in [0.15, 0.2) is 59.3 Å². The number of aromatic nitrogens is 1. The summed E-state index contributed by atoms with van der Waals surface area (Å²) < 4.78 is 6.67. The van der Waals surface area contributed by atoms with E-state index in [0.717, 1.165) is 21.5 Å². The molecule has 0 radical (unpaired) electrons. The van der Waals surface area contributed by atoms with Crippen molar-refractivity contribution in [1.29, 1.82) is 0 Å². The summed E-state index contributed by atoms with van der Waals surface area (Å²) in [6.45, 7) is 0. The number of benzene rings is 2. The summed E-state index contributed by atoms with van der Waals surface area (Å²) in [6, 6.07) is 13.6. The number of nitrogens with zero attached hydrogens (tertiary/aromatic N) is 1. The molecule has 0 spiro atoms. The van der Waals surface area contributed by atoms with Gasteiger partial charge in [0.25, 0.3) is 0 Å². The topological polar surface area (TPSA) is 39.2 Å². The monoisotopic (exact) mass is 327 g/mol. The molecule has 0 unspecified atom stereocenters. The van der Waals surface area contributed by atoms with Gasteiger partial charge in [0.05, 0.1) is 10.7 Å². The van der Waals surface area contributed by atoms with E-state index >= 15 is 0 Å². The largest absolute Gasteiger partial charge is 0.455 e. The predicted molar refractivity (Wildman–Crippen MR) is 81.3 cm³/mol. The molecule has 0 saturated heterocycles. The molecule has 0 amide bonds. The number of carbonyl (C=O) groups excluding carboxylic acids is 1. The fourth-order valence-corrected chi connectivity index (χ4v) is 2.55. The van der Waals surface area contributed by atoms with Crippen LogP contribution in [0.1, 0.15) is 10.4 Å². The lowest BCUT2D eigenvalue weighted by Crippen LogP contribution is -1.89. The lowest BCUT2D eigenvalue weighted by Gasteiger charge is -2.10. The predicted octanol–water partition coefficient (Wildman–Crippen LogP) is 4.60. The summed E-state index contributed by atoms with van der Waals surface area (Å²) in [6.07, 6.45) is 3.82. The molecule has 3 aromatic rings. The standard InChI is InChI=1S/C16H10BrNO2/c17-16-14-4-2-1-3-12(14)5-6-15(16)20-13-7-11(10-19)8-18-9-13/h1-10H. The first-order valence-corrected chi connectivity index (χ1v) is 6.82. The van der Waals surface area contributed by atoms with Crippen molar-refractivity contribution in [2.75, 3.05) is 0 Å². The lowest BCUT2D eigenvalue weighted by atomic mass is 10.1. The zero-order valence-electron chi connectivity index (χ0n) is 10.4. The normalized spacial score (nSPS) is 10.4. The van der Waals surface area contributed by atoms with Crippen LogP contribution in [0.2, 0.25) is 0 Å². The maximum atomic E-state index is 10.7. The number of aldehydes is 1. The summed E-state index contributed by atoms with van der Waals surface area (Å²) in [7, 11) is 0. The van der Waals surface area contributed by atoms with Crippen LogP contribution >= 0.6 is 15.9 Å². The number of hydrogen-bond acceptors (Lipinski definition) is 3. The Kier molecular flexibility index (Phi) is 3.48. The highest BCUT2D eigenvalue weighted by atomic mass is 79.9.